The highest BCUT2D eigenvalue weighted by Gasteiger charge is 2.11. The van der Waals surface area contributed by atoms with Crippen LogP contribution in [0.4, 0.5) is 13.2 Å². The highest BCUT2D eigenvalue weighted by Crippen LogP contribution is 2.15. The zero-order valence-corrected chi connectivity index (χ0v) is 5.87. The molecule has 0 nitrogen and oxygen atoms in total. The minimum absolute atomic E-state index is 0.0731. The highest BCUT2D eigenvalue weighted by atomic mass is 19.2. The Hall–Kier alpha value is -0.990. The second-order valence-corrected chi connectivity index (χ2v) is 2.05. The first kappa shape index (κ1) is 8.11. The fraction of sp³-hybridized carbons (Fsp3) is 0.125. The molecule has 0 bridgehead atoms. The predicted molar refractivity (Wildman–Crippen MR) is 35.4 cm³/mol. The van der Waals surface area contributed by atoms with Gasteiger partial charge in [-0.3, -0.25) is 0 Å². The lowest BCUT2D eigenvalue weighted by atomic mass is 10.1. The van der Waals surface area contributed by atoms with E-state index in [-0.39, 0.29) is 5.56 Å². The Balaban J connectivity index is 3.25. The van der Waals surface area contributed by atoms with E-state index >= 15 is 0 Å². The fourth-order valence-corrected chi connectivity index (χ4v) is 0.764. The monoisotopic (exact) mass is 159 g/mol. The van der Waals surface area contributed by atoms with E-state index in [1.807, 2.05) is 0 Å². The number of hydrogen-bond acceptors (Lipinski definition) is 0. The van der Waals surface area contributed by atoms with Crippen molar-refractivity contribution in [1.29, 1.82) is 0 Å². The lowest BCUT2D eigenvalue weighted by Crippen LogP contribution is -1.94. The summed E-state index contributed by atoms with van der Waals surface area (Å²) in [5, 5.41) is 0. The normalized spacial score (nSPS) is 10.2. The van der Waals surface area contributed by atoms with E-state index < -0.39 is 17.5 Å². The second kappa shape index (κ2) is 2.95. The Morgan fingerprint density at radius 3 is 2.27 bits per heavy atom. The molecule has 0 N–H and O–H groups in total. The van der Waals surface area contributed by atoms with Crippen molar-refractivity contribution < 1.29 is 13.2 Å². The molecular formula is C8H6F3. The van der Waals surface area contributed by atoms with Crippen LogP contribution >= 0.6 is 0 Å². The molecule has 0 amide bonds. The van der Waals surface area contributed by atoms with Crippen molar-refractivity contribution in [3.8, 4) is 0 Å². The van der Waals surface area contributed by atoms with Gasteiger partial charge in [0, 0.05) is 0 Å². The van der Waals surface area contributed by atoms with Gasteiger partial charge in [0.1, 0.15) is 0 Å². The molecule has 0 aromatic heterocycles. The third-order valence-corrected chi connectivity index (χ3v) is 1.38. The van der Waals surface area contributed by atoms with Crippen LogP contribution in [-0.4, -0.2) is 0 Å². The van der Waals surface area contributed by atoms with Gasteiger partial charge in [-0.15, -0.1) is 0 Å². The molecule has 11 heavy (non-hydrogen) atoms. The molecule has 0 fully saturated rings. The number of rotatable bonds is 1. The van der Waals surface area contributed by atoms with Crippen LogP contribution in [0.5, 0.6) is 0 Å². The molecule has 1 radical (unpaired) electrons. The van der Waals surface area contributed by atoms with Gasteiger partial charge < -0.3 is 0 Å². The van der Waals surface area contributed by atoms with Crippen LogP contribution in [-0.2, 0) is 0 Å². The van der Waals surface area contributed by atoms with Gasteiger partial charge in [-0.2, -0.15) is 0 Å². The third kappa shape index (κ3) is 1.37. The average Bonchev–Trinajstić information content (AvgIpc) is 2.01. The predicted octanol–water partition coefficient (Wildman–Crippen LogP) is 2.68. The van der Waals surface area contributed by atoms with E-state index in [1.54, 1.807) is 6.92 Å². The van der Waals surface area contributed by atoms with E-state index in [9.17, 15) is 13.2 Å². The summed E-state index contributed by atoms with van der Waals surface area (Å²) in [5.41, 5.74) is 0.0731. The van der Waals surface area contributed by atoms with E-state index in [2.05, 4.69) is 0 Å². The van der Waals surface area contributed by atoms with Crippen molar-refractivity contribution in [2.75, 3.05) is 0 Å². The summed E-state index contributed by atoms with van der Waals surface area (Å²) >= 11 is 0. The molecule has 0 aliphatic heterocycles. The molecule has 0 heterocycles. The van der Waals surface area contributed by atoms with Crippen LogP contribution in [0.15, 0.2) is 12.1 Å². The van der Waals surface area contributed by atoms with Crippen LogP contribution in [0.2, 0.25) is 0 Å². The summed E-state index contributed by atoms with van der Waals surface area (Å²) in [6, 6.07) is 2.08. The molecule has 0 atom stereocenters. The lowest BCUT2D eigenvalue weighted by Gasteiger charge is -1.99. The van der Waals surface area contributed by atoms with Crippen molar-refractivity contribution >= 4 is 0 Å². The lowest BCUT2D eigenvalue weighted by molar-refractivity contribution is 0.444. The second-order valence-electron chi connectivity index (χ2n) is 2.05. The van der Waals surface area contributed by atoms with Crippen molar-refractivity contribution in [2.24, 2.45) is 0 Å². The molecule has 1 aromatic carbocycles. The highest BCUT2D eigenvalue weighted by molar-refractivity contribution is 5.25. The maximum atomic E-state index is 12.6. The first-order chi connectivity index (χ1) is 5.16. The topological polar surface area (TPSA) is 0 Å². The van der Waals surface area contributed by atoms with Gasteiger partial charge in [0.2, 0.25) is 0 Å². The SMILES string of the molecule is C[CH]c1ccc(F)c(F)c1F. The first-order valence-corrected chi connectivity index (χ1v) is 3.09. The Labute approximate surface area is 62.7 Å². The van der Waals surface area contributed by atoms with Gasteiger partial charge in [0.15, 0.2) is 17.5 Å². The summed E-state index contributed by atoms with van der Waals surface area (Å²) < 4.78 is 37.3. The molecule has 1 rings (SSSR count). The van der Waals surface area contributed by atoms with Crippen LogP contribution in [0.3, 0.4) is 0 Å². The molecule has 0 aliphatic rings. The Kier molecular flexibility index (Phi) is 2.17. The molecular weight excluding hydrogens is 153 g/mol. The molecule has 59 valence electrons. The van der Waals surface area contributed by atoms with Gasteiger partial charge in [-0.25, -0.2) is 13.2 Å². The molecule has 0 saturated heterocycles. The minimum atomic E-state index is -1.42. The summed E-state index contributed by atoms with van der Waals surface area (Å²) in [5.74, 6) is -3.71. The van der Waals surface area contributed by atoms with Gasteiger partial charge in [-0.1, -0.05) is 13.0 Å². The fourth-order valence-electron chi connectivity index (χ4n) is 0.764. The van der Waals surface area contributed by atoms with Crippen molar-refractivity contribution in [2.45, 2.75) is 6.92 Å². The van der Waals surface area contributed by atoms with Gasteiger partial charge in [0.25, 0.3) is 0 Å². The van der Waals surface area contributed by atoms with E-state index in [1.165, 1.54) is 12.5 Å². The van der Waals surface area contributed by atoms with Gasteiger partial charge in [-0.05, 0) is 18.1 Å². The van der Waals surface area contributed by atoms with Crippen LogP contribution in [0, 0.1) is 23.9 Å². The van der Waals surface area contributed by atoms with E-state index in [0.717, 1.165) is 6.07 Å². The third-order valence-electron chi connectivity index (χ3n) is 1.38. The zero-order chi connectivity index (χ0) is 8.43. The molecule has 0 spiro atoms. The van der Waals surface area contributed by atoms with Crippen LogP contribution in [0.1, 0.15) is 12.5 Å². The number of hydrogen-bond donors (Lipinski definition) is 0. The summed E-state index contributed by atoms with van der Waals surface area (Å²) in [6.45, 7) is 1.55. The summed E-state index contributed by atoms with van der Waals surface area (Å²) in [4.78, 5) is 0. The maximum absolute atomic E-state index is 12.6. The Morgan fingerprint density at radius 1 is 1.09 bits per heavy atom. The molecule has 1 aromatic rings. The van der Waals surface area contributed by atoms with Crippen molar-refractivity contribution in [3.05, 3.63) is 41.6 Å². The smallest absolute Gasteiger partial charge is 0.194 e. The number of benzene rings is 1. The summed E-state index contributed by atoms with van der Waals surface area (Å²) in [7, 11) is 0. The van der Waals surface area contributed by atoms with Crippen LogP contribution < -0.4 is 0 Å². The number of halogens is 3. The first-order valence-electron chi connectivity index (χ1n) is 3.09. The Morgan fingerprint density at radius 2 is 1.73 bits per heavy atom. The van der Waals surface area contributed by atoms with E-state index in [4.69, 9.17) is 0 Å². The van der Waals surface area contributed by atoms with Crippen molar-refractivity contribution in [1.82, 2.24) is 0 Å². The van der Waals surface area contributed by atoms with Gasteiger partial charge in [0.05, 0.1) is 0 Å². The van der Waals surface area contributed by atoms with E-state index in [0.29, 0.717) is 0 Å². The summed E-state index contributed by atoms with van der Waals surface area (Å²) in [6.07, 6.45) is 1.37. The minimum Gasteiger partial charge on any atom is -0.204 e. The largest absolute Gasteiger partial charge is 0.204 e. The van der Waals surface area contributed by atoms with Gasteiger partial charge >= 0.3 is 0 Å². The maximum Gasteiger partial charge on any atom is 0.194 e. The molecule has 0 unspecified atom stereocenters. The molecule has 0 aliphatic carbocycles. The Bertz CT molecular complexity index is 268. The van der Waals surface area contributed by atoms with Crippen molar-refractivity contribution in [3.63, 3.8) is 0 Å². The average molecular weight is 159 g/mol. The molecule has 0 saturated carbocycles. The molecule has 3 heteroatoms. The van der Waals surface area contributed by atoms with Crippen LogP contribution in [0.25, 0.3) is 0 Å². The quantitative estimate of drug-likeness (QED) is 0.552. The standard InChI is InChI=1S/C8H6F3/c1-2-5-3-4-6(9)8(11)7(5)10/h2-4H,1H3. The zero-order valence-electron chi connectivity index (χ0n) is 5.87.